The lowest BCUT2D eigenvalue weighted by molar-refractivity contribution is -0.123. The minimum absolute atomic E-state index is 0.0473. The van der Waals surface area contributed by atoms with Crippen LogP contribution >= 0.6 is 11.3 Å². The Bertz CT molecular complexity index is 1030. The van der Waals surface area contributed by atoms with Crippen LogP contribution in [0, 0.1) is 29.1 Å². The third kappa shape index (κ3) is 5.80. The molecule has 0 radical (unpaired) electrons. The van der Waals surface area contributed by atoms with Gasteiger partial charge in [-0.25, -0.2) is 4.79 Å². The van der Waals surface area contributed by atoms with Crippen molar-refractivity contribution < 1.29 is 14.3 Å². The van der Waals surface area contributed by atoms with Crippen LogP contribution in [0.15, 0.2) is 18.3 Å². The Morgan fingerprint density at radius 2 is 1.97 bits per heavy atom. The van der Waals surface area contributed by atoms with Crippen molar-refractivity contribution in [2.75, 3.05) is 12.0 Å². The van der Waals surface area contributed by atoms with Crippen molar-refractivity contribution in [3.8, 4) is 11.8 Å². The maximum absolute atomic E-state index is 13.7. The van der Waals surface area contributed by atoms with Crippen molar-refractivity contribution in [2.45, 2.75) is 59.9 Å². The van der Waals surface area contributed by atoms with Gasteiger partial charge in [0.05, 0.1) is 29.9 Å². The molecule has 0 spiro atoms. The largest absolute Gasteiger partial charge is 0.465 e. The van der Waals surface area contributed by atoms with Crippen LogP contribution in [-0.4, -0.2) is 28.8 Å². The number of ether oxygens (including phenoxy) is 1. The van der Waals surface area contributed by atoms with E-state index in [0.717, 1.165) is 36.3 Å². The SMILES string of the molecule is COC(=O)c1sc(C#CC(C)(C)C)cc1N(Cc1ccnn1C)C(=O)[C@H]1CC[C@H](C)CC1. The molecule has 2 aromatic heterocycles. The maximum atomic E-state index is 13.7. The minimum Gasteiger partial charge on any atom is -0.465 e. The molecule has 32 heavy (non-hydrogen) atoms. The molecule has 6 nitrogen and oxygen atoms in total. The molecule has 1 aliphatic carbocycles. The van der Waals surface area contributed by atoms with Gasteiger partial charge in [0, 0.05) is 24.6 Å². The summed E-state index contributed by atoms with van der Waals surface area (Å²) in [4.78, 5) is 29.3. The average Bonchev–Trinajstić information content (AvgIpc) is 3.35. The summed E-state index contributed by atoms with van der Waals surface area (Å²) in [7, 11) is 3.22. The second-order valence-corrected chi connectivity index (χ2v) is 10.7. The van der Waals surface area contributed by atoms with Crippen LogP contribution in [0.25, 0.3) is 0 Å². The first-order valence-electron chi connectivity index (χ1n) is 11.1. The molecule has 0 atom stereocenters. The highest BCUT2D eigenvalue weighted by Gasteiger charge is 2.32. The number of carbonyl (C=O) groups excluding carboxylic acids is 2. The second-order valence-electron chi connectivity index (χ2n) is 9.64. The summed E-state index contributed by atoms with van der Waals surface area (Å²) in [6, 6.07) is 3.75. The zero-order valence-electron chi connectivity index (χ0n) is 19.9. The van der Waals surface area contributed by atoms with E-state index in [1.165, 1.54) is 18.4 Å². The van der Waals surface area contributed by atoms with Gasteiger partial charge in [0.2, 0.25) is 5.91 Å². The summed E-state index contributed by atoms with van der Waals surface area (Å²) < 4.78 is 6.81. The Morgan fingerprint density at radius 3 is 2.53 bits per heavy atom. The number of aromatic nitrogens is 2. The molecule has 0 bridgehead atoms. The van der Waals surface area contributed by atoms with E-state index in [1.54, 1.807) is 15.8 Å². The van der Waals surface area contributed by atoms with Gasteiger partial charge < -0.3 is 9.64 Å². The van der Waals surface area contributed by atoms with Crippen LogP contribution in [-0.2, 0) is 23.1 Å². The lowest BCUT2D eigenvalue weighted by atomic mass is 9.82. The first kappa shape index (κ1) is 24.1. The molecule has 3 rings (SSSR count). The summed E-state index contributed by atoms with van der Waals surface area (Å²) >= 11 is 1.28. The third-order valence-electron chi connectivity index (χ3n) is 5.81. The molecule has 0 saturated heterocycles. The first-order chi connectivity index (χ1) is 15.1. The van der Waals surface area contributed by atoms with Crippen molar-refractivity contribution in [2.24, 2.45) is 24.3 Å². The van der Waals surface area contributed by atoms with E-state index in [2.05, 4.69) is 23.9 Å². The van der Waals surface area contributed by atoms with E-state index in [0.29, 0.717) is 23.0 Å². The molecule has 1 saturated carbocycles. The van der Waals surface area contributed by atoms with Crippen molar-refractivity contribution in [1.82, 2.24) is 9.78 Å². The Labute approximate surface area is 194 Å². The Hall–Kier alpha value is -2.59. The predicted octanol–water partition coefficient (Wildman–Crippen LogP) is 5.03. The van der Waals surface area contributed by atoms with Gasteiger partial charge >= 0.3 is 5.97 Å². The van der Waals surface area contributed by atoms with Gasteiger partial charge in [-0.05, 0) is 64.5 Å². The Balaban J connectivity index is 2.04. The number of anilines is 1. The zero-order chi connectivity index (χ0) is 23.5. The topological polar surface area (TPSA) is 64.4 Å². The molecule has 0 aromatic carbocycles. The number of esters is 1. The number of amides is 1. The lowest BCUT2D eigenvalue weighted by Gasteiger charge is -2.31. The van der Waals surface area contributed by atoms with Crippen LogP contribution in [0.3, 0.4) is 0 Å². The first-order valence-corrected chi connectivity index (χ1v) is 11.9. The van der Waals surface area contributed by atoms with E-state index in [1.807, 2.05) is 40.0 Å². The lowest BCUT2D eigenvalue weighted by Crippen LogP contribution is -2.38. The number of nitrogens with zero attached hydrogens (tertiary/aromatic N) is 3. The number of thiophene rings is 1. The Kier molecular flexibility index (Phi) is 7.45. The van der Waals surface area contributed by atoms with Gasteiger partial charge in [-0.1, -0.05) is 18.8 Å². The average molecular weight is 456 g/mol. The fraction of sp³-hybridized carbons (Fsp3) is 0.560. The van der Waals surface area contributed by atoms with Gasteiger partial charge in [-0.15, -0.1) is 11.3 Å². The van der Waals surface area contributed by atoms with E-state index in [-0.39, 0.29) is 17.2 Å². The number of hydrogen-bond donors (Lipinski definition) is 0. The molecule has 7 heteroatoms. The fourth-order valence-corrected chi connectivity index (χ4v) is 4.79. The molecular weight excluding hydrogens is 422 g/mol. The summed E-state index contributed by atoms with van der Waals surface area (Å²) in [6.45, 7) is 8.70. The normalized spacial score (nSPS) is 18.6. The van der Waals surface area contributed by atoms with E-state index in [9.17, 15) is 9.59 Å². The zero-order valence-corrected chi connectivity index (χ0v) is 20.7. The van der Waals surface area contributed by atoms with Gasteiger partial charge in [-0.2, -0.15) is 5.10 Å². The summed E-state index contributed by atoms with van der Waals surface area (Å²) in [5.41, 5.74) is 1.30. The number of methoxy groups -OCH3 is 1. The van der Waals surface area contributed by atoms with Crippen molar-refractivity contribution >= 4 is 28.9 Å². The van der Waals surface area contributed by atoms with Crippen LogP contribution < -0.4 is 4.90 Å². The fourth-order valence-electron chi connectivity index (χ4n) is 3.86. The number of carbonyl (C=O) groups is 2. The Morgan fingerprint density at radius 1 is 1.28 bits per heavy atom. The summed E-state index contributed by atoms with van der Waals surface area (Å²) in [6.07, 6.45) is 5.55. The highest BCUT2D eigenvalue weighted by Crippen LogP contribution is 2.36. The monoisotopic (exact) mass is 455 g/mol. The van der Waals surface area contributed by atoms with E-state index < -0.39 is 5.97 Å². The van der Waals surface area contributed by atoms with Gasteiger partial charge in [0.1, 0.15) is 4.88 Å². The minimum atomic E-state index is -0.450. The van der Waals surface area contributed by atoms with Crippen LogP contribution in [0.4, 0.5) is 5.69 Å². The van der Waals surface area contributed by atoms with Gasteiger partial charge in [0.25, 0.3) is 0 Å². The number of aryl methyl sites for hydroxylation is 1. The molecule has 1 amide bonds. The molecule has 0 aliphatic heterocycles. The van der Waals surface area contributed by atoms with Crippen LogP contribution in [0.5, 0.6) is 0 Å². The highest BCUT2D eigenvalue weighted by atomic mass is 32.1. The summed E-state index contributed by atoms with van der Waals surface area (Å²) in [5.74, 6) is 6.60. The second kappa shape index (κ2) is 9.91. The predicted molar refractivity (Wildman–Crippen MR) is 128 cm³/mol. The standard InChI is InChI=1S/C25H33N3O3S/c1-17-7-9-18(10-8-17)23(29)28(16-19-12-14-26-27(19)5)21-15-20(11-13-25(2,3)4)32-22(21)24(30)31-6/h12,14-15,17-18H,7-10,16H2,1-6H3/t17-,18-. The van der Waals surface area contributed by atoms with Crippen molar-refractivity contribution in [3.63, 3.8) is 0 Å². The quantitative estimate of drug-likeness (QED) is 0.469. The molecule has 2 aromatic rings. The molecule has 172 valence electrons. The summed E-state index contributed by atoms with van der Waals surface area (Å²) in [5, 5.41) is 4.25. The molecule has 1 fully saturated rings. The number of rotatable bonds is 5. The number of hydrogen-bond acceptors (Lipinski definition) is 5. The molecule has 0 N–H and O–H groups in total. The van der Waals surface area contributed by atoms with Gasteiger partial charge in [0.15, 0.2) is 0 Å². The third-order valence-corrected chi connectivity index (χ3v) is 6.83. The molecule has 1 aliphatic rings. The smallest absolute Gasteiger partial charge is 0.350 e. The molecule has 2 heterocycles. The maximum Gasteiger partial charge on any atom is 0.350 e. The van der Waals surface area contributed by atoms with E-state index in [4.69, 9.17) is 4.74 Å². The molecule has 0 unspecified atom stereocenters. The van der Waals surface area contributed by atoms with Gasteiger partial charge in [-0.3, -0.25) is 9.48 Å². The highest BCUT2D eigenvalue weighted by molar-refractivity contribution is 7.15. The van der Waals surface area contributed by atoms with Crippen LogP contribution in [0.2, 0.25) is 0 Å². The molecular formula is C25H33N3O3S. The van der Waals surface area contributed by atoms with Crippen LogP contribution in [0.1, 0.15) is 73.6 Å². The van der Waals surface area contributed by atoms with Crippen molar-refractivity contribution in [1.29, 1.82) is 0 Å². The van der Waals surface area contributed by atoms with Crippen molar-refractivity contribution in [3.05, 3.63) is 33.8 Å². The van der Waals surface area contributed by atoms with E-state index >= 15 is 0 Å².